The fourth-order valence-corrected chi connectivity index (χ4v) is 0.0603. The second kappa shape index (κ2) is 3.52. The Morgan fingerprint density at radius 2 is 1.57 bits per heavy atom. The zero-order chi connectivity index (χ0) is 3.91. The first kappa shape index (κ1) is 11.3. The molecule has 0 aromatic rings. The summed E-state index contributed by atoms with van der Waals surface area (Å²) in [5.74, 6) is -1.25. The first-order valence-corrected chi connectivity index (χ1v) is 1.30. The van der Waals surface area contributed by atoms with E-state index >= 15 is 0 Å². The van der Waals surface area contributed by atoms with Crippen molar-refractivity contribution in [2.75, 3.05) is 0 Å². The van der Waals surface area contributed by atoms with Gasteiger partial charge in [0.05, 0.1) is 0 Å². The van der Waals surface area contributed by atoms with Crippen LogP contribution >= 0.6 is 0 Å². The Labute approximate surface area is 76.3 Å². The number of hydrogen-bond acceptors (Lipinski definition) is 3. The summed E-state index contributed by atoms with van der Waals surface area (Å²) >= 11 is 0. The van der Waals surface area contributed by atoms with Crippen molar-refractivity contribution in [1.29, 1.82) is 0 Å². The van der Waals surface area contributed by atoms with Crippen molar-refractivity contribution in [3.05, 3.63) is 0 Å². The minimum atomic E-state index is -1.25. The van der Waals surface area contributed by atoms with Gasteiger partial charge >= 0.3 is 33.3 Å². The molecule has 0 aromatic heterocycles. The van der Waals surface area contributed by atoms with Gasteiger partial charge < -0.3 is 5.11 Å². The number of rotatable bonds is 0. The predicted octanol–water partition coefficient (Wildman–Crippen LogP) is -1.30. The molecule has 1 saturated heterocycles. The molecule has 5 heteroatoms. The Hall–Kier alpha value is 1.52. The van der Waals surface area contributed by atoms with E-state index in [1.165, 1.54) is 6.92 Å². The molecular weight excluding hydrogens is 327 g/mol. The van der Waals surface area contributed by atoms with E-state index in [0.29, 0.717) is 0 Å². The van der Waals surface area contributed by atoms with Gasteiger partial charge in [-0.05, 0) is 0 Å². The summed E-state index contributed by atoms with van der Waals surface area (Å²) < 4.78 is 0. The van der Waals surface area contributed by atoms with E-state index in [2.05, 4.69) is 9.78 Å². The molecule has 3 nitrogen and oxygen atoms in total. The summed E-state index contributed by atoms with van der Waals surface area (Å²) in [6, 6.07) is 0. The Kier molecular flexibility index (Phi) is 5.70. The molecule has 0 atom stereocenters. The number of aliphatic hydroxyl groups is 1. The molecule has 1 fully saturated rings. The van der Waals surface area contributed by atoms with Crippen molar-refractivity contribution in [2.45, 2.75) is 12.9 Å². The Morgan fingerprint density at radius 3 is 1.57 bits per heavy atom. The first-order valence-electron chi connectivity index (χ1n) is 1.30. The zero-order valence-corrected chi connectivity index (χ0v) is 11.0. The fraction of sp³-hybridized carbons (Fsp3) is 1.00. The van der Waals surface area contributed by atoms with Crippen LogP contribution in [-0.4, -0.2) is 38.4 Å². The third-order valence-electron chi connectivity index (χ3n) is 0.325. The van der Waals surface area contributed by atoms with Crippen LogP contribution in [-0.2, 0) is 31.5 Å². The van der Waals surface area contributed by atoms with Crippen LogP contribution in [0.5, 0.6) is 0 Å². The first-order chi connectivity index (χ1) is 2.21. The molecule has 0 aliphatic carbocycles. The molecule has 0 bridgehead atoms. The third kappa shape index (κ3) is 5.39. The molecule has 1 aliphatic rings. The minimum Gasteiger partial charge on any atom is 0 e. The molecule has 1 heterocycles. The number of hydrogen-bond donors (Lipinski definition) is 1. The van der Waals surface area contributed by atoms with Gasteiger partial charge in [-0.3, -0.25) is 0 Å². The van der Waals surface area contributed by atoms with Crippen LogP contribution in [0, 0.1) is 0 Å². The summed E-state index contributed by atoms with van der Waals surface area (Å²) in [5, 5.41) is 8.19. The second-order valence-corrected chi connectivity index (χ2v) is 1.06. The van der Waals surface area contributed by atoms with Crippen molar-refractivity contribution in [3.63, 3.8) is 0 Å². The summed E-state index contributed by atoms with van der Waals surface area (Å²) in [6.45, 7) is 1.41. The maximum absolute atomic E-state index is 8.19. The molecule has 40 valence electrons. The fourth-order valence-electron chi connectivity index (χ4n) is 0.0603. The van der Waals surface area contributed by atoms with Crippen LogP contribution in [0.3, 0.4) is 0 Å². The van der Waals surface area contributed by atoms with Crippen LogP contribution < -0.4 is 0 Å². The van der Waals surface area contributed by atoms with E-state index in [1.807, 2.05) is 0 Å². The average Bonchev–Trinajstić information content (AvgIpc) is 1.76. The standard InChI is InChI=1S/C2H4O3.Pb.Ti.2H/c1-2(3)4-5-2;;;;/h3H,1H3;;;;. The molecule has 0 amide bonds. The molecule has 1 N–H and O–H groups in total. The molecule has 0 spiro atoms. The maximum Gasteiger partial charge on any atom is 0 e. The van der Waals surface area contributed by atoms with Gasteiger partial charge in [-0.15, -0.1) is 0 Å². The van der Waals surface area contributed by atoms with Crippen molar-refractivity contribution >= 4 is 27.3 Å². The quantitative estimate of drug-likeness (QED) is 0.340. The molecule has 0 unspecified atom stereocenters. The van der Waals surface area contributed by atoms with E-state index in [9.17, 15) is 0 Å². The summed E-state index contributed by atoms with van der Waals surface area (Å²) in [4.78, 5) is 7.90. The Balaban J connectivity index is 0. The van der Waals surface area contributed by atoms with E-state index in [4.69, 9.17) is 5.11 Å². The van der Waals surface area contributed by atoms with Gasteiger partial charge in [0.2, 0.25) is 0 Å². The summed E-state index contributed by atoms with van der Waals surface area (Å²) in [7, 11) is 0. The van der Waals surface area contributed by atoms with Gasteiger partial charge in [0.25, 0.3) is 0 Å². The van der Waals surface area contributed by atoms with Gasteiger partial charge in [-0.1, -0.05) is 0 Å². The minimum absolute atomic E-state index is 0. The van der Waals surface area contributed by atoms with E-state index in [-0.39, 0.29) is 49.0 Å². The average molecular weight is 333 g/mol. The Bertz CT molecular complexity index is 50.9. The van der Waals surface area contributed by atoms with Gasteiger partial charge in [0.1, 0.15) is 0 Å². The monoisotopic (exact) mass is 334 g/mol. The van der Waals surface area contributed by atoms with Crippen LogP contribution in [0.1, 0.15) is 6.92 Å². The van der Waals surface area contributed by atoms with Gasteiger partial charge in [0, 0.05) is 28.6 Å². The van der Waals surface area contributed by atoms with Crippen LogP contribution in [0.25, 0.3) is 0 Å². The maximum atomic E-state index is 8.19. The molecular formula is C2H6O3PbTi. The molecule has 7 heavy (non-hydrogen) atoms. The van der Waals surface area contributed by atoms with Gasteiger partial charge in [-0.2, -0.15) is 9.78 Å². The summed E-state index contributed by atoms with van der Waals surface area (Å²) in [6.07, 6.45) is 0. The van der Waals surface area contributed by atoms with E-state index in [1.54, 1.807) is 0 Å². The smallest absolute Gasteiger partial charge is 0 e. The molecule has 0 aromatic carbocycles. The Morgan fingerprint density at radius 1 is 1.43 bits per heavy atom. The topological polar surface area (TPSA) is 45.3 Å². The summed E-state index contributed by atoms with van der Waals surface area (Å²) in [5.41, 5.74) is 0. The molecule has 0 saturated carbocycles. The predicted molar refractivity (Wildman–Crippen MR) is 21.3 cm³/mol. The largest absolute Gasteiger partial charge is 0 e. The van der Waals surface area contributed by atoms with E-state index < -0.39 is 5.97 Å². The zero-order valence-electron chi connectivity index (χ0n) is 3.97. The van der Waals surface area contributed by atoms with Crippen molar-refractivity contribution in [2.24, 2.45) is 0 Å². The third-order valence-corrected chi connectivity index (χ3v) is 0.325. The van der Waals surface area contributed by atoms with Crippen LogP contribution in [0.15, 0.2) is 0 Å². The van der Waals surface area contributed by atoms with Crippen molar-refractivity contribution in [3.8, 4) is 0 Å². The molecule has 1 aliphatic heterocycles. The van der Waals surface area contributed by atoms with Crippen LogP contribution in [0.2, 0.25) is 0 Å². The SMILES string of the molecule is CC1(O)OO1.[PbH2].[Ti]. The van der Waals surface area contributed by atoms with Crippen molar-refractivity contribution in [1.82, 2.24) is 0 Å². The second-order valence-electron chi connectivity index (χ2n) is 1.06. The van der Waals surface area contributed by atoms with Crippen molar-refractivity contribution < 1.29 is 36.6 Å². The molecule has 1 rings (SSSR count). The van der Waals surface area contributed by atoms with E-state index in [0.717, 1.165) is 0 Å². The molecule has 2 radical (unpaired) electrons. The van der Waals surface area contributed by atoms with Gasteiger partial charge in [-0.25, -0.2) is 0 Å². The van der Waals surface area contributed by atoms with Gasteiger partial charge in [0.15, 0.2) is 0 Å². The normalized spacial score (nSPS) is 21.4. The van der Waals surface area contributed by atoms with Crippen LogP contribution in [0.4, 0.5) is 0 Å².